The number of hydrogen-bond donors (Lipinski definition) is 4. The first-order valence-corrected chi connectivity index (χ1v) is 10.0. The molecule has 4 rings (SSSR count). The molecule has 0 bridgehead atoms. The molecule has 1 aromatic heterocycles. The molecule has 1 fully saturated rings. The van der Waals surface area contributed by atoms with Crippen LogP contribution in [0.1, 0.15) is 30.9 Å². The van der Waals surface area contributed by atoms with Crippen LogP contribution in [0, 0.1) is 0 Å². The molecule has 1 aromatic carbocycles. The van der Waals surface area contributed by atoms with E-state index in [1.54, 1.807) is 12.1 Å². The van der Waals surface area contributed by atoms with Gasteiger partial charge in [0.05, 0.1) is 6.61 Å². The molecule has 1 aliphatic carbocycles. The minimum Gasteiger partial charge on any atom is -0.462 e. The van der Waals surface area contributed by atoms with Crippen molar-refractivity contribution in [2.75, 3.05) is 6.61 Å². The summed E-state index contributed by atoms with van der Waals surface area (Å²) >= 11 is 0. The summed E-state index contributed by atoms with van der Waals surface area (Å²) in [6.07, 6.45) is -1.55. The maximum atomic E-state index is 12.3. The Bertz CT molecular complexity index is 1000. The van der Waals surface area contributed by atoms with Crippen molar-refractivity contribution in [3.63, 3.8) is 0 Å². The van der Waals surface area contributed by atoms with Gasteiger partial charge in [-0.25, -0.2) is 4.79 Å². The van der Waals surface area contributed by atoms with Gasteiger partial charge >= 0.3 is 5.63 Å². The third-order valence-electron chi connectivity index (χ3n) is 5.70. The number of carbonyl (C=O) groups is 1. The van der Waals surface area contributed by atoms with Crippen LogP contribution in [-0.4, -0.2) is 58.5 Å². The Morgan fingerprint density at radius 3 is 2.63 bits per heavy atom. The molecule has 0 radical (unpaired) electrons. The lowest BCUT2D eigenvalue weighted by Gasteiger charge is -2.42. The predicted octanol–water partition coefficient (Wildman–Crippen LogP) is -0.00570. The van der Waals surface area contributed by atoms with Crippen molar-refractivity contribution in [3.8, 4) is 5.75 Å². The highest BCUT2D eigenvalue weighted by atomic mass is 16.7. The van der Waals surface area contributed by atoms with Crippen molar-refractivity contribution in [1.29, 1.82) is 0 Å². The molecule has 2 heterocycles. The molecular weight excluding hydrogens is 394 g/mol. The fourth-order valence-corrected chi connectivity index (χ4v) is 4.20. The average Bonchev–Trinajstić information content (AvgIpc) is 2.73. The van der Waals surface area contributed by atoms with Crippen LogP contribution in [0.15, 0.2) is 27.4 Å². The monoisotopic (exact) mass is 419 g/mol. The van der Waals surface area contributed by atoms with Crippen LogP contribution in [0.4, 0.5) is 0 Å². The van der Waals surface area contributed by atoms with Gasteiger partial charge in [0, 0.05) is 23.9 Å². The number of amides is 1. The Hall–Kier alpha value is -2.46. The average molecular weight is 419 g/mol. The molecule has 4 N–H and O–H groups in total. The molecule has 30 heavy (non-hydrogen) atoms. The summed E-state index contributed by atoms with van der Waals surface area (Å²) < 4.78 is 16.9. The molecule has 0 saturated carbocycles. The normalized spacial score (nSPS) is 28.7. The first-order chi connectivity index (χ1) is 14.4. The first-order valence-electron chi connectivity index (χ1n) is 10.0. The van der Waals surface area contributed by atoms with Gasteiger partial charge < -0.3 is 34.5 Å². The van der Waals surface area contributed by atoms with E-state index in [0.717, 1.165) is 35.8 Å². The maximum absolute atomic E-state index is 12.3. The Balaban J connectivity index is 1.66. The van der Waals surface area contributed by atoms with E-state index in [-0.39, 0.29) is 5.63 Å². The molecule has 1 aliphatic heterocycles. The standard InChI is InChI=1S/C21H25NO8/c1-10(24)22-17-19(26)18(25)16(9-23)30-21(17)28-11-6-7-13-12-4-2-3-5-14(12)20(27)29-15(13)8-11/h6-8,16-19,21,23,25-26H,2-5,9H2,1H3,(H,22,24)/t16-,17-,18-,19-,21-/m1/s1. The molecule has 162 valence electrons. The van der Waals surface area contributed by atoms with Crippen LogP contribution >= 0.6 is 0 Å². The summed E-state index contributed by atoms with van der Waals surface area (Å²) in [5.74, 6) is -0.149. The molecular formula is C21H25NO8. The van der Waals surface area contributed by atoms with Gasteiger partial charge in [-0.2, -0.15) is 0 Å². The number of hydrogen-bond acceptors (Lipinski definition) is 8. The zero-order valence-electron chi connectivity index (χ0n) is 16.5. The van der Waals surface area contributed by atoms with Gasteiger partial charge in [0.1, 0.15) is 35.7 Å². The van der Waals surface area contributed by atoms with Crippen LogP contribution < -0.4 is 15.7 Å². The predicted molar refractivity (Wildman–Crippen MR) is 105 cm³/mol. The third-order valence-corrected chi connectivity index (χ3v) is 5.70. The Labute approximate surface area is 172 Å². The van der Waals surface area contributed by atoms with E-state index < -0.39 is 43.2 Å². The lowest BCUT2D eigenvalue weighted by Crippen LogP contribution is -2.65. The number of ether oxygens (including phenoxy) is 2. The molecule has 9 nitrogen and oxygen atoms in total. The minimum absolute atomic E-state index is 0.294. The number of aliphatic hydroxyl groups excluding tert-OH is 3. The minimum atomic E-state index is -1.41. The maximum Gasteiger partial charge on any atom is 0.339 e. The summed E-state index contributed by atoms with van der Waals surface area (Å²) in [6, 6.07) is 4.00. The van der Waals surface area contributed by atoms with Crippen molar-refractivity contribution >= 4 is 16.9 Å². The molecule has 1 saturated heterocycles. The summed E-state index contributed by atoms with van der Waals surface area (Å²) in [4.78, 5) is 23.9. The lowest BCUT2D eigenvalue weighted by atomic mass is 9.91. The van der Waals surface area contributed by atoms with Crippen LogP contribution in [0.2, 0.25) is 0 Å². The molecule has 0 spiro atoms. The molecule has 2 aliphatic rings. The van der Waals surface area contributed by atoms with Gasteiger partial charge in [0.2, 0.25) is 12.2 Å². The zero-order chi connectivity index (χ0) is 21.4. The van der Waals surface area contributed by atoms with Crippen molar-refractivity contribution in [1.82, 2.24) is 5.32 Å². The van der Waals surface area contributed by atoms with Crippen molar-refractivity contribution < 1.29 is 34.0 Å². The van der Waals surface area contributed by atoms with Gasteiger partial charge in [0.15, 0.2) is 0 Å². The Kier molecular flexibility index (Phi) is 5.79. The summed E-state index contributed by atoms with van der Waals surface area (Å²) in [6.45, 7) is 0.728. The summed E-state index contributed by atoms with van der Waals surface area (Å²) in [5.41, 5.74) is 1.76. The van der Waals surface area contributed by atoms with E-state index in [2.05, 4.69) is 5.32 Å². The Morgan fingerprint density at radius 2 is 1.93 bits per heavy atom. The lowest BCUT2D eigenvalue weighted by molar-refractivity contribution is -0.244. The second-order valence-electron chi connectivity index (χ2n) is 7.76. The third kappa shape index (κ3) is 3.81. The van der Waals surface area contributed by atoms with Crippen LogP contribution in [0.3, 0.4) is 0 Å². The second kappa shape index (κ2) is 8.35. The highest BCUT2D eigenvalue weighted by Crippen LogP contribution is 2.31. The van der Waals surface area contributed by atoms with E-state index in [4.69, 9.17) is 13.9 Å². The largest absolute Gasteiger partial charge is 0.462 e. The van der Waals surface area contributed by atoms with E-state index in [1.165, 1.54) is 6.92 Å². The quantitative estimate of drug-likeness (QED) is 0.508. The number of nitrogens with one attached hydrogen (secondary N) is 1. The van der Waals surface area contributed by atoms with Crippen LogP contribution in [0.25, 0.3) is 11.0 Å². The number of carbonyl (C=O) groups excluding carboxylic acids is 1. The summed E-state index contributed by atoms with van der Waals surface area (Å²) in [7, 11) is 0. The SMILES string of the molecule is CC(=O)N[C@H]1[C@H](Oc2ccc3c4c(c(=O)oc3c2)CCCC4)O[C@H](CO)[C@@H](O)[C@@H]1O. The topological polar surface area (TPSA) is 138 Å². The summed E-state index contributed by atoms with van der Waals surface area (Å²) in [5, 5.41) is 33.3. The van der Waals surface area contributed by atoms with Crippen molar-refractivity contribution in [3.05, 3.63) is 39.7 Å². The van der Waals surface area contributed by atoms with Gasteiger partial charge in [-0.1, -0.05) is 0 Å². The van der Waals surface area contributed by atoms with Crippen molar-refractivity contribution in [2.45, 2.75) is 63.3 Å². The van der Waals surface area contributed by atoms with Gasteiger partial charge in [-0.15, -0.1) is 0 Å². The fraction of sp³-hybridized carbons (Fsp3) is 0.524. The highest BCUT2D eigenvalue weighted by Gasteiger charge is 2.46. The van der Waals surface area contributed by atoms with Gasteiger partial charge in [-0.3, -0.25) is 4.79 Å². The van der Waals surface area contributed by atoms with Crippen LogP contribution in [0.5, 0.6) is 5.75 Å². The van der Waals surface area contributed by atoms with Crippen LogP contribution in [-0.2, 0) is 22.4 Å². The molecule has 2 aromatic rings. The fourth-order valence-electron chi connectivity index (χ4n) is 4.20. The highest BCUT2D eigenvalue weighted by molar-refractivity contribution is 5.82. The van der Waals surface area contributed by atoms with E-state index >= 15 is 0 Å². The van der Waals surface area contributed by atoms with E-state index in [0.29, 0.717) is 17.8 Å². The first kappa shape index (κ1) is 20.8. The Morgan fingerprint density at radius 1 is 1.20 bits per heavy atom. The smallest absolute Gasteiger partial charge is 0.339 e. The number of fused-ring (bicyclic) bond motifs is 3. The number of aliphatic hydroxyl groups is 3. The molecule has 5 atom stereocenters. The number of aryl methyl sites for hydroxylation is 1. The number of benzene rings is 1. The molecule has 9 heteroatoms. The van der Waals surface area contributed by atoms with Gasteiger partial charge in [-0.05, 0) is 43.4 Å². The van der Waals surface area contributed by atoms with Crippen molar-refractivity contribution in [2.24, 2.45) is 0 Å². The number of rotatable bonds is 4. The second-order valence-corrected chi connectivity index (χ2v) is 7.76. The molecule has 0 unspecified atom stereocenters. The van der Waals surface area contributed by atoms with Gasteiger partial charge in [0.25, 0.3) is 0 Å². The van der Waals surface area contributed by atoms with E-state index in [9.17, 15) is 24.9 Å². The zero-order valence-corrected chi connectivity index (χ0v) is 16.5. The molecule has 1 amide bonds. The van der Waals surface area contributed by atoms with E-state index in [1.807, 2.05) is 6.07 Å².